The summed E-state index contributed by atoms with van der Waals surface area (Å²) in [6, 6.07) is 6.19. The van der Waals surface area contributed by atoms with E-state index in [1.807, 2.05) is 11.1 Å². The van der Waals surface area contributed by atoms with Crippen LogP contribution >= 0.6 is 0 Å². The molecule has 40 heavy (non-hydrogen) atoms. The summed E-state index contributed by atoms with van der Waals surface area (Å²) in [7, 11) is 2.10. The van der Waals surface area contributed by atoms with Gasteiger partial charge in [-0.05, 0) is 56.8 Å². The van der Waals surface area contributed by atoms with E-state index in [0.29, 0.717) is 58.2 Å². The summed E-state index contributed by atoms with van der Waals surface area (Å²) in [5.74, 6) is 1.42. The van der Waals surface area contributed by atoms with E-state index >= 15 is 0 Å². The Bertz CT molecular complexity index is 1310. The van der Waals surface area contributed by atoms with Crippen molar-refractivity contribution in [2.75, 3.05) is 59.5 Å². The fourth-order valence-corrected chi connectivity index (χ4v) is 6.78. The number of likely N-dealkylation sites (tertiary alicyclic amines) is 2. The lowest BCUT2D eigenvalue weighted by molar-refractivity contribution is -0.149. The molecule has 1 saturated carbocycles. The summed E-state index contributed by atoms with van der Waals surface area (Å²) >= 11 is 0. The number of piperidine rings is 1. The minimum atomic E-state index is -0.595. The maximum Gasteiger partial charge on any atom is 0.409 e. The molecule has 2 spiro atoms. The summed E-state index contributed by atoms with van der Waals surface area (Å²) in [5, 5.41) is 4.96. The second-order valence-corrected chi connectivity index (χ2v) is 12.5. The number of hydrogen-bond acceptors (Lipinski definition) is 7. The van der Waals surface area contributed by atoms with Crippen LogP contribution in [0, 0.1) is 12.8 Å². The van der Waals surface area contributed by atoms with Crippen molar-refractivity contribution in [1.82, 2.24) is 24.5 Å². The van der Waals surface area contributed by atoms with Crippen LogP contribution in [0.5, 0.6) is 5.75 Å². The second-order valence-electron chi connectivity index (χ2n) is 12.5. The van der Waals surface area contributed by atoms with Gasteiger partial charge in [0.05, 0.1) is 25.4 Å². The van der Waals surface area contributed by atoms with Crippen molar-refractivity contribution < 1.29 is 23.8 Å². The predicted molar refractivity (Wildman–Crippen MR) is 147 cm³/mol. The average molecular weight is 550 g/mol. The number of hydrogen-bond donors (Lipinski definition) is 0. The molecule has 1 unspecified atom stereocenters. The number of aryl methyl sites for hydroxylation is 1. The molecule has 4 fully saturated rings. The molecule has 7 rings (SSSR count). The van der Waals surface area contributed by atoms with E-state index in [1.165, 1.54) is 0 Å². The molecule has 2 aromatic rings. The SMILES string of the molecule is Cc1ccc2c(c1)OC1(CCN(C(=O)OCC3CC3)CC1)c1cn(CC(=O)N3CCOC4(CCN(C)C4)C3)nc1-2. The molecule has 1 atom stereocenters. The number of aromatic nitrogens is 2. The molecule has 4 aliphatic heterocycles. The Morgan fingerprint density at radius 2 is 1.90 bits per heavy atom. The first kappa shape index (κ1) is 25.8. The maximum absolute atomic E-state index is 13.5. The summed E-state index contributed by atoms with van der Waals surface area (Å²) in [5.41, 5.74) is 3.08. The number of amides is 2. The van der Waals surface area contributed by atoms with Crippen LogP contribution < -0.4 is 4.74 Å². The van der Waals surface area contributed by atoms with Crippen molar-refractivity contribution in [3.05, 3.63) is 35.5 Å². The van der Waals surface area contributed by atoms with Crippen molar-refractivity contribution in [2.24, 2.45) is 5.92 Å². The highest BCUT2D eigenvalue weighted by Crippen LogP contribution is 2.49. The Morgan fingerprint density at radius 1 is 1.07 bits per heavy atom. The van der Waals surface area contributed by atoms with Crippen LogP contribution in [0.3, 0.4) is 0 Å². The largest absolute Gasteiger partial charge is 0.482 e. The van der Waals surface area contributed by atoms with Gasteiger partial charge in [0.25, 0.3) is 0 Å². The van der Waals surface area contributed by atoms with Crippen LogP contribution in [0.2, 0.25) is 0 Å². The summed E-state index contributed by atoms with van der Waals surface area (Å²) in [4.78, 5) is 32.2. The topological polar surface area (TPSA) is 89.4 Å². The third-order valence-electron chi connectivity index (χ3n) is 9.32. The standard InChI is InChI=1S/C30H39N5O5/c1-21-3-6-23-25(15-21)40-30(8-11-33(12-9-30)28(37)38-18-22-4-5-22)24-16-35(31-27(23)24)17-26(36)34-13-14-39-29(20-34)7-10-32(2)19-29/h3,6,15-16,22H,4-5,7-14,17-20H2,1-2H3. The Hall–Kier alpha value is -3.11. The number of carbonyl (C=O) groups excluding carboxylic acids is 2. The monoisotopic (exact) mass is 549 g/mol. The van der Waals surface area contributed by atoms with Gasteiger partial charge in [-0.25, -0.2) is 4.79 Å². The van der Waals surface area contributed by atoms with E-state index in [4.69, 9.17) is 19.3 Å². The van der Waals surface area contributed by atoms with E-state index in [0.717, 1.165) is 60.5 Å². The predicted octanol–water partition coefficient (Wildman–Crippen LogP) is 3.02. The number of fused-ring (bicyclic) bond motifs is 4. The van der Waals surface area contributed by atoms with Gasteiger partial charge in [-0.3, -0.25) is 9.48 Å². The lowest BCUT2D eigenvalue weighted by Gasteiger charge is -2.43. The first-order chi connectivity index (χ1) is 19.3. The van der Waals surface area contributed by atoms with Crippen LogP contribution in [0.1, 0.15) is 43.2 Å². The van der Waals surface area contributed by atoms with Gasteiger partial charge >= 0.3 is 6.09 Å². The fraction of sp³-hybridized carbons (Fsp3) is 0.633. The van der Waals surface area contributed by atoms with Crippen molar-refractivity contribution in [1.29, 1.82) is 0 Å². The van der Waals surface area contributed by atoms with Gasteiger partial charge in [0.15, 0.2) is 0 Å². The van der Waals surface area contributed by atoms with Gasteiger partial charge in [0.1, 0.15) is 23.6 Å². The number of morpholine rings is 1. The molecule has 0 bridgehead atoms. The molecule has 1 aliphatic carbocycles. The highest BCUT2D eigenvalue weighted by molar-refractivity contribution is 5.77. The van der Waals surface area contributed by atoms with Gasteiger partial charge in [-0.2, -0.15) is 5.10 Å². The zero-order valence-electron chi connectivity index (χ0n) is 23.6. The number of likely N-dealkylation sites (N-methyl/N-ethyl adjacent to an activating group) is 1. The van der Waals surface area contributed by atoms with Crippen LogP contribution in [-0.4, -0.2) is 102 Å². The van der Waals surface area contributed by atoms with E-state index in [2.05, 4.69) is 37.1 Å². The van der Waals surface area contributed by atoms with Gasteiger partial charge in [0.2, 0.25) is 5.91 Å². The zero-order valence-corrected chi connectivity index (χ0v) is 23.6. The van der Waals surface area contributed by atoms with Crippen molar-refractivity contribution >= 4 is 12.0 Å². The molecular weight excluding hydrogens is 510 g/mol. The van der Waals surface area contributed by atoms with Gasteiger partial charge in [0, 0.05) is 62.9 Å². The lowest BCUT2D eigenvalue weighted by Crippen LogP contribution is -2.55. The normalized spacial score (nSPS) is 25.6. The number of carbonyl (C=O) groups is 2. The molecule has 5 heterocycles. The van der Waals surface area contributed by atoms with Gasteiger partial charge in [-0.1, -0.05) is 6.07 Å². The summed E-state index contributed by atoms with van der Waals surface area (Å²) < 4.78 is 20.3. The molecule has 5 aliphatic rings. The molecule has 0 radical (unpaired) electrons. The second kappa shape index (κ2) is 9.76. The quantitative estimate of drug-likeness (QED) is 0.579. The number of rotatable bonds is 4. The zero-order chi connectivity index (χ0) is 27.5. The highest BCUT2D eigenvalue weighted by atomic mass is 16.6. The van der Waals surface area contributed by atoms with E-state index < -0.39 is 5.60 Å². The molecule has 3 saturated heterocycles. The van der Waals surface area contributed by atoms with Crippen molar-refractivity contribution in [3.63, 3.8) is 0 Å². The average Bonchev–Trinajstić information content (AvgIpc) is 3.57. The molecule has 10 heteroatoms. The van der Waals surface area contributed by atoms with E-state index in [9.17, 15) is 9.59 Å². The van der Waals surface area contributed by atoms with Crippen molar-refractivity contribution in [3.8, 4) is 17.0 Å². The van der Waals surface area contributed by atoms with Crippen LogP contribution in [0.4, 0.5) is 4.79 Å². The molecule has 0 N–H and O–H groups in total. The van der Waals surface area contributed by atoms with E-state index in [-0.39, 0.29) is 24.1 Å². The van der Waals surface area contributed by atoms with E-state index in [1.54, 1.807) is 9.58 Å². The van der Waals surface area contributed by atoms with Crippen LogP contribution in [0.25, 0.3) is 11.3 Å². The third-order valence-corrected chi connectivity index (χ3v) is 9.32. The molecular formula is C30H39N5O5. The molecule has 1 aromatic carbocycles. The Kier molecular flexibility index (Phi) is 6.31. The maximum atomic E-state index is 13.5. The van der Waals surface area contributed by atoms with Crippen LogP contribution in [0.15, 0.2) is 24.4 Å². The molecule has 214 valence electrons. The molecule has 10 nitrogen and oxygen atoms in total. The number of nitrogens with zero attached hydrogens (tertiary/aromatic N) is 5. The Balaban J connectivity index is 1.11. The fourth-order valence-electron chi connectivity index (χ4n) is 6.78. The molecule has 1 aromatic heterocycles. The van der Waals surface area contributed by atoms with Gasteiger partial charge in [-0.15, -0.1) is 0 Å². The summed E-state index contributed by atoms with van der Waals surface area (Å²) in [6.45, 7) is 7.50. The number of benzene rings is 1. The first-order valence-electron chi connectivity index (χ1n) is 14.7. The highest BCUT2D eigenvalue weighted by Gasteiger charge is 2.47. The van der Waals surface area contributed by atoms with Crippen LogP contribution in [-0.2, 0) is 26.4 Å². The van der Waals surface area contributed by atoms with Gasteiger partial charge < -0.3 is 28.9 Å². The first-order valence-corrected chi connectivity index (χ1v) is 14.7. The molecule has 2 amide bonds. The summed E-state index contributed by atoms with van der Waals surface area (Å²) in [6.07, 6.45) is 6.31. The van der Waals surface area contributed by atoms with Crippen molar-refractivity contribution in [2.45, 2.75) is 56.8 Å². The minimum Gasteiger partial charge on any atom is -0.482 e. The Morgan fingerprint density at radius 3 is 2.65 bits per heavy atom. The third kappa shape index (κ3) is 4.75. The Labute approximate surface area is 235 Å². The lowest BCUT2D eigenvalue weighted by atomic mass is 9.81. The number of ether oxygens (including phenoxy) is 3. The minimum absolute atomic E-state index is 0.0596. The smallest absolute Gasteiger partial charge is 0.409 e.